The zero-order chi connectivity index (χ0) is 22.0. The van der Waals surface area contributed by atoms with E-state index in [1.165, 1.54) is 7.11 Å². The fraction of sp³-hybridized carbons (Fsp3) is 0.200. The van der Waals surface area contributed by atoms with Crippen LogP contribution >= 0.6 is 0 Å². The van der Waals surface area contributed by atoms with Crippen LogP contribution in [0.4, 0.5) is 0 Å². The highest BCUT2D eigenvalue weighted by Gasteiger charge is 2.19. The topological polar surface area (TPSA) is 76.1 Å². The molecule has 1 amide bonds. The second-order valence-corrected chi connectivity index (χ2v) is 7.56. The van der Waals surface area contributed by atoms with Gasteiger partial charge in [-0.3, -0.25) is 9.59 Å². The quantitative estimate of drug-likeness (QED) is 0.496. The van der Waals surface area contributed by atoms with Crippen molar-refractivity contribution in [2.45, 2.75) is 26.4 Å². The maximum absolute atomic E-state index is 13.1. The maximum atomic E-state index is 13.1. The number of nitrogens with zero attached hydrogens (tertiary/aromatic N) is 1. The number of ether oxygens (including phenoxy) is 1. The molecule has 6 heteroatoms. The minimum absolute atomic E-state index is 0.0627. The highest BCUT2D eigenvalue weighted by atomic mass is 16.5. The molecular formula is C25H25N3O3. The number of H-pyrrole nitrogens is 1. The Labute approximate surface area is 180 Å². The minimum atomic E-state index is -0.266. The molecule has 1 atom stereocenters. The average molecular weight is 415 g/mol. The van der Waals surface area contributed by atoms with Crippen molar-refractivity contribution in [2.75, 3.05) is 7.11 Å². The van der Waals surface area contributed by atoms with Crippen LogP contribution in [0.2, 0.25) is 0 Å². The van der Waals surface area contributed by atoms with Crippen molar-refractivity contribution >= 4 is 16.8 Å². The molecular weight excluding hydrogens is 390 g/mol. The van der Waals surface area contributed by atoms with E-state index < -0.39 is 0 Å². The Balaban J connectivity index is 1.66. The summed E-state index contributed by atoms with van der Waals surface area (Å²) in [6.07, 6.45) is 1.88. The molecule has 2 N–H and O–H groups in total. The van der Waals surface area contributed by atoms with Gasteiger partial charge < -0.3 is 19.6 Å². The number of aryl methyl sites for hydroxylation is 1. The molecule has 0 fully saturated rings. The van der Waals surface area contributed by atoms with E-state index in [-0.39, 0.29) is 24.1 Å². The molecule has 4 aromatic rings. The Kier molecular flexibility index (Phi) is 5.62. The van der Waals surface area contributed by atoms with Crippen LogP contribution in [-0.4, -0.2) is 22.6 Å². The van der Waals surface area contributed by atoms with Crippen LogP contribution in [0.25, 0.3) is 10.9 Å². The molecule has 2 aromatic carbocycles. The van der Waals surface area contributed by atoms with Crippen molar-refractivity contribution in [3.63, 3.8) is 0 Å². The number of pyridine rings is 1. The highest BCUT2D eigenvalue weighted by Crippen LogP contribution is 2.28. The molecule has 0 aliphatic rings. The normalized spacial score (nSPS) is 12.0. The molecule has 6 nitrogen and oxygen atoms in total. The van der Waals surface area contributed by atoms with E-state index in [1.807, 2.05) is 48.7 Å². The lowest BCUT2D eigenvalue weighted by Gasteiger charge is -2.15. The number of aromatic amines is 1. The third-order valence-electron chi connectivity index (χ3n) is 5.56. The van der Waals surface area contributed by atoms with Crippen LogP contribution < -0.4 is 15.6 Å². The Hall–Kier alpha value is -3.80. The van der Waals surface area contributed by atoms with Gasteiger partial charge in [0.1, 0.15) is 5.75 Å². The third-order valence-corrected chi connectivity index (χ3v) is 5.56. The summed E-state index contributed by atoms with van der Waals surface area (Å²) >= 11 is 0. The van der Waals surface area contributed by atoms with Gasteiger partial charge in [-0.25, -0.2) is 0 Å². The summed E-state index contributed by atoms with van der Waals surface area (Å²) in [6, 6.07) is 19.8. The van der Waals surface area contributed by atoms with Crippen LogP contribution in [0.15, 0.2) is 71.7 Å². The summed E-state index contributed by atoms with van der Waals surface area (Å²) in [5, 5.41) is 3.75. The summed E-state index contributed by atoms with van der Waals surface area (Å²) < 4.78 is 7.43. The molecule has 0 spiro atoms. The second kappa shape index (κ2) is 8.52. The molecule has 0 saturated carbocycles. The first-order valence-corrected chi connectivity index (χ1v) is 10.2. The van der Waals surface area contributed by atoms with Gasteiger partial charge in [-0.15, -0.1) is 0 Å². The van der Waals surface area contributed by atoms with Gasteiger partial charge in [0, 0.05) is 22.8 Å². The molecule has 2 aromatic heterocycles. The number of carbonyl (C=O) groups excluding carboxylic acids is 1. The smallest absolute Gasteiger partial charge is 0.256 e. The van der Waals surface area contributed by atoms with Gasteiger partial charge in [0.25, 0.3) is 11.5 Å². The van der Waals surface area contributed by atoms with Crippen LogP contribution in [-0.2, 0) is 6.54 Å². The molecule has 2 heterocycles. The van der Waals surface area contributed by atoms with Crippen LogP contribution in [0, 0.1) is 6.92 Å². The monoisotopic (exact) mass is 415 g/mol. The Bertz CT molecular complexity index is 1290. The van der Waals surface area contributed by atoms with E-state index in [4.69, 9.17) is 4.74 Å². The van der Waals surface area contributed by atoms with E-state index in [0.29, 0.717) is 22.6 Å². The molecule has 0 saturated heterocycles. The van der Waals surface area contributed by atoms with Crippen LogP contribution in [0.5, 0.6) is 5.75 Å². The fourth-order valence-electron chi connectivity index (χ4n) is 3.90. The van der Waals surface area contributed by atoms with E-state index in [9.17, 15) is 9.59 Å². The van der Waals surface area contributed by atoms with Crippen molar-refractivity contribution in [1.82, 2.24) is 14.9 Å². The summed E-state index contributed by atoms with van der Waals surface area (Å²) in [4.78, 5) is 28.2. The lowest BCUT2D eigenvalue weighted by molar-refractivity contribution is 0.0952. The SMILES string of the molecule is COc1cc(C)[nH]c(=O)c1CNC(=O)c1cn(C(C)c2ccccc2)c2ccccc12. The Morgan fingerprint density at radius 2 is 1.84 bits per heavy atom. The predicted molar refractivity (Wildman–Crippen MR) is 122 cm³/mol. The molecule has 0 radical (unpaired) electrons. The summed E-state index contributed by atoms with van der Waals surface area (Å²) in [5.41, 5.74) is 3.54. The molecule has 0 aliphatic heterocycles. The summed E-state index contributed by atoms with van der Waals surface area (Å²) in [7, 11) is 1.51. The van der Waals surface area contributed by atoms with Crippen LogP contribution in [0.1, 0.15) is 40.1 Å². The number of hydrogen-bond acceptors (Lipinski definition) is 3. The number of benzene rings is 2. The molecule has 31 heavy (non-hydrogen) atoms. The minimum Gasteiger partial charge on any atom is -0.496 e. The van der Waals surface area contributed by atoms with Gasteiger partial charge >= 0.3 is 0 Å². The zero-order valence-electron chi connectivity index (χ0n) is 17.8. The number of para-hydroxylation sites is 1. The molecule has 158 valence electrons. The van der Waals surface area contributed by atoms with Gasteiger partial charge in [0.05, 0.1) is 30.8 Å². The average Bonchev–Trinajstić information content (AvgIpc) is 3.17. The van der Waals surface area contributed by atoms with E-state index in [1.54, 1.807) is 13.0 Å². The van der Waals surface area contributed by atoms with E-state index in [2.05, 4.69) is 33.9 Å². The third kappa shape index (κ3) is 3.97. The van der Waals surface area contributed by atoms with E-state index in [0.717, 1.165) is 16.5 Å². The number of rotatable bonds is 6. The van der Waals surface area contributed by atoms with Crippen molar-refractivity contribution in [3.8, 4) is 5.75 Å². The van der Waals surface area contributed by atoms with Gasteiger partial charge in [0.2, 0.25) is 0 Å². The number of aromatic nitrogens is 2. The predicted octanol–water partition coefficient (Wildman–Crippen LogP) is 4.19. The lowest BCUT2D eigenvalue weighted by atomic mass is 10.1. The first-order chi connectivity index (χ1) is 15.0. The van der Waals surface area contributed by atoms with Gasteiger partial charge in [-0.05, 0) is 31.5 Å². The standard InChI is InChI=1S/C25H25N3O3/c1-16-13-23(31-3)20(25(30)27-16)14-26-24(29)21-15-28(22-12-8-7-11-19(21)22)17(2)18-9-5-4-6-10-18/h4-13,15,17H,14H2,1-3H3,(H,26,29)(H,27,30). The fourth-order valence-corrected chi connectivity index (χ4v) is 3.90. The number of nitrogens with one attached hydrogen (secondary N) is 2. The molecule has 1 unspecified atom stereocenters. The van der Waals surface area contributed by atoms with Gasteiger partial charge in [-0.1, -0.05) is 48.5 Å². The number of fused-ring (bicyclic) bond motifs is 1. The molecule has 0 bridgehead atoms. The summed E-state index contributed by atoms with van der Waals surface area (Å²) in [6.45, 7) is 3.97. The Morgan fingerprint density at radius 3 is 2.58 bits per heavy atom. The lowest BCUT2D eigenvalue weighted by Crippen LogP contribution is -2.27. The van der Waals surface area contributed by atoms with Crippen molar-refractivity contribution in [2.24, 2.45) is 0 Å². The number of hydrogen-bond donors (Lipinski definition) is 2. The number of amides is 1. The second-order valence-electron chi connectivity index (χ2n) is 7.56. The number of methoxy groups -OCH3 is 1. The zero-order valence-corrected chi connectivity index (χ0v) is 17.8. The highest BCUT2D eigenvalue weighted by molar-refractivity contribution is 6.07. The van der Waals surface area contributed by atoms with Gasteiger partial charge in [-0.2, -0.15) is 0 Å². The van der Waals surface area contributed by atoms with E-state index >= 15 is 0 Å². The van der Waals surface area contributed by atoms with Crippen LogP contribution in [0.3, 0.4) is 0 Å². The van der Waals surface area contributed by atoms with Crippen molar-refractivity contribution < 1.29 is 9.53 Å². The van der Waals surface area contributed by atoms with Crippen molar-refractivity contribution in [1.29, 1.82) is 0 Å². The maximum Gasteiger partial charge on any atom is 0.256 e. The van der Waals surface area contributed by atoms with Gasteiger partial charge in [0.15, 0.2) is 0 Å². The largest absolute Gasteiger partial charge is 0.496 e. The number of carbonyl (C=O) groups is 1. The summed E-state index contributed by atoms with van der Waals surface area (Å²) in [5.74, 6) is 0.221. The first kappa shape index (κ1) is 20.5. The first-order valence-electron chi connectivity index (χ1n) is 10.2. The Morgan fingerprint density at radius 1 is 1.13 bits per heavy atom. The van der Waals surface area contributed by atoms with Crippen molar-refractivity contribution in [3.05, 3.63) is 99.6 Å². The molecule has 0 aliphatic carbocycles. The molecule has 4 rings (SSSR count).